The summed E-state index contributed by atoms with van der Waals surface area (Å²) in [6.07, 6.45) is -0.950. The topological polar surface area (TPSA) is 43.8 Å². The average Bonchev–Trinajstić information content (AvgIpc) is 2.62. The van der Waals surface area contributed by atoms with Crippen LogP contribution in [0.15, 0.2) is 42.6 Å². The SMILES string of the molecule is [2H]c1nn(-c2c([2H])c([2H])c(N)c([2H])c2[2H])c([2H])c1[2H]. The molecule has 0 atom stereocenters. The van der Waals surface area contributed by atoms with E-state index in [9.17, 15) is 0 Å². The monoisotopic (exact) mass is 166 g/mol. The van der Waals surface area contributed by atoms with E-state index >= 15 is 0 Å². The van der Waals surface area contributed by atoms with Gasteiger partial charge >= 0.3 is 0 Å². The summed E-state index contributed by atoms with van der Waals surface area (Å²) < 4.78 is 53.8. The smallest absolute Gasteiger partial charge is 0.0860 e. The zero-order valence-corrected chi connectivity index (χ0v) is 5.97. The maximum atomic E-state index is 7.75. The van der Waals surface area contributed by atoms with Gasteiger partial charge in [0, 0.05) is 18.0 Å². The number of rotatable bonds is 1. The molecular formula is C9H9N3. The van der Waals surface area contributed by atoms with Crippen molar-refractivity contribution in [1.82, 2.24) is 9.78 Å². The molecule has 1 heterocycles. The number of nitrogen functional groups attached to an aromatic ring is 1. The second-order valence-electron chi connectivity index (χ2n) is 2.02. The van der Waals surface area contributed by atoms with Crippen LogP contribution in [0.25, 0.3) is 5.69 Å². The lowest BCUT2D eigenvalue weighted by atomic mass is 10.3. The zero-order chi connectivity index (χ0) is 14.5. The molecule has 0 bridgehead atoms. The molecule has 12 heavy (non-hydrogen) atoms. The van der Waals surface area contributed by atoms with Gasteiger partial charge in [-0.05, 0) is 30.2 Å². The van der Waals surface area contributed by atoms with Gasteiger partial charge in [0.05, 0.1) is 15.3 Å². The zero-order valence-electron chi connectivity index (χ0n) is 13.0. The minimum Gasteiger partial charge on any atom is -0.399 e. The number of aromatic nitrogens is 2. The summed E-state index contributed by atoms with van der Waals surface area (Å²) in [6, 6.07) is -2.26. The normalized spacial score (nSPS) is 18.2. The first-order valence-electron chi connectivity index (χ1n) is 6.66. The molecule has 2 aromatic rings. The molecule has 2 N–H and O–H groups in total. The Labute approximate surface area is 80.3 Å². The Hall–Kier alpha value is -1.77. The Morgan fingerprint density at radius 3 is 2.67 bits per heavy atom. The molecule has 0 saturated heterocycles. The summed E-state index contributed by atoms with van der Waals surface area (Å²) in [5.41, 5.74) is 4.85. The lowest BCUT2D eigenvalue weighted by molar-refractivity contribution is 0.881. The molecule has 1 aromatic carbocycles. The molecule has 0 saturated carbocycles. The molecule has 0 aliphatic carbocycles. The summed E-state index contributed by atoms with van der Waals surface area (Å²) in [7, 11) is 0. The third-order valence-electron chi connectivity index (χ3n) is 1.21. The van der Waals surface area contributed by atoms with E-state index in [-0.39, 0.29) is 11.4 Å². The van der Waals surface area contributed by atoms with Crippen molar-refractivity contribution < 1.29 is 9.60 Å². The fraction of sp³-hybridized carbons (Fsp3) is 0. The Morgan fingerprint density at radius 1 is 1.33 bits per heavy atom. The summed E-state index contributed by atoms with van der Waals surface area (Å²) in [5, 5.41) is 3.57. The van der Waals surface area contributed by atoms with Crippen LogP contribution in [0.4, 0.5) is 5.69 Å². The fourth-order valence-corrected chi connectivity index (χ4v) is 0.705. The number of hydrogen-bond donors (Lipinski definition) is 1. The first-order valence-corrected chi connectivity index (χ1v) is 3.16. The summed E-state index contributed by atoms with van der Waals surface area (Å²) in [6.45, 7) is 0. The first-order chi connectivity index (χ1) is 8.77. The number of anilines is 1. The van der Waals surface area contributed by atoms with Crippen molar-refractivity contribution in [3.05, 3.63) is 42.6 Å². The third kappa shape index (κ3) is 1.16. The van der Waals surface area contributed by atoms with E-state index in [4.69, 9.17) is 15.3 Å². The predicted molar refractivity (Wildman–Crippen MR) is 48.0 cm³/mol. The Kier molecular flexibility index (Phi) is 0.589. The van der Waals surface area contributed by atoms with Gasteiger partial charge in [0.1, 0.15) is 0 Å². The highest BCUT2D eigenvalue weighted by Crippen LogP contribution is 2.08. The van der Waals surface area contributed by atoms with Crippen LogP contribution in [-0.4, -0.2) is 9.78 Å². The fourth-order valence-electron chi connectivity index (χ4n) is 0.705. The van der Waals surface area contributed by atoms with Gasteiger partial charge in [-0.1, -0.05) is 0 Å². The van der Waals surface area contributed by atoms with Gasteiger partial charge in [-0.25, -0.2) is 4.68 Å². The van der Waals surface area contributed by atoms with Crippen LogP contribution < -0.4 is 5.73 Å². The molecule has 0 unspecified atom stereocenters. The van der Waals surface area contributed by atoms with Crippen LogP contribution in [0.5, 0.6) is 0 Å². The van der Waals surface area contributed by atoms with Gasteiger partial charge in [-0.3, -0.25) is 0 Å². The van der Waals surface area contributed by atoms with Crippen LogP contribution in [0.2, 0.25) is 0 Å². The third-order valence-corrected chi connectivity index (χ3v) is 1.21. The molecule has 0 amide bonds. The second-order valence-corrected chi connectivity index (χ2v) is 2.02. The maximum absolute atomic E-state index is 7.75. The summed E-state index contributed by atoms with van der Waals surface area (Å²) in [4.78, 5) is 0. The minimum absolute atomic E-state index is 0.291. The molecule has 2 rings (SSSR count). The Morgan fingerprint density at radius 2 is 2.08 bits per heavy atom. The highest BCUT2D eigenvalue weighted by Gasteiger charge is 1.93. The standard InChI is InChI=1S/C9H9N3/c10-8-2-4-9(5-3-8)12-7-1-6-11-12/h1-7H,10H2/i1D,2D,3D,4D,5D,6D,7D. The van der Waals surface area contributed by atoms with Crippen molar-refractivity contribution in [2.24, 2.45) is 0 Å². The van der Waals surface area contributed by atoms with E-state index in [0.29, 0.717) is 0 Å². The quantitative estimate of drug-likeness (QED) is 0.652. The van der Waals surface area contributed by atoms with E-state index in [0.717, 1.165) is 4.68 Å². The molecular weight excluding hydrogens is 150 g/mol. The highest BCUT2D eigenvalue weighted by molar-refractivity contribution is 5.44. The molecule has 60 valence electrons. The number of benzene rings is 1. The van der Waals surface area contributed by atoms with Gasteiger partial charge in [-0.2, -0.15) is 5.10 Å². The Balaban J connectivity index is 2.87. The number of nitrogens with zero attached hydrogens (tertiary/aromatic N) is 2. The van der Waals surface area contributed by atoms with Crippen LogP contribution >= 0.6 is 0 Å². The van der Waals surface area contributed by atoms with Crippen molar-refractivity contribution in [3.8, 4) is 5.69 Å². The second kappa shape index (κ2) is 2.70. The predicted octanol–water partition coefficient (Wildman–Crippen LogP) is 1.45. The van der Waals surface area contributed by atoms with Crippen molar-refractivity contribution in [1.29, 1.82) is 0 Å². The van der Waals surface area contributed by atoms with Crippen molar-refractivity contribution in [2.45, 2.75) is 0 Å². The van der Waals surface area contributed by atoms with Gasteiger partial charge in [-0.15, -0.1) is 0 Å². The Bertz CT molecular complexity index is 650. The largest absolute Gasteiger partial charge is 0.399 e. The summed E-state index contributed by atoms with van der Waals surface area (Å²) >= 11 is 0. The van der Waals surface area contributed by atoms with Crippen molar-refractivity contribution in [3.63, 3.8) is 0 Å². The van der Waals surface area contributed by atoms with Crippen LogP contribution in [0.1, 0.15) is 9.60 Å². The van der Waals surface area contributed by atoms with Crippen LogP contribution in [-0.2, 0) is 0 Å². The van der Waals surface area contributed by atoms with Crippen LogP contribution in [0.3, 0.4) is 0 Å². The highest BCUT2D eigenvalue weighted by atomic mass is 15.3. The minimum atomic E-state index is -0.476. The van der Waals surface area contributed by atoms with E-state index < -0.39 is 42.6 Å². The van der Waals surface area contributed by atoms with E-state index in [1.807, 2.05) is 0 Å². The van der Waals surface area contributed by atoms with E-state index in [1.54, 1.807) is 0 Å². The number of hydrogen-bond acceptors (Lipinski definition) is 2. The molecule has 0 fully saturated rings. The van der Waals surface area contributed by atoms with Gasteiger partial charge in [0.15, 0.2) is 0 Å². The van der Waals surface area contributed by atoms with Crippen molar-refractivity contribution in [2.75, 3.05) is 5.73 Å². The average molecular weight is 166 g/mol. The molecule has 0 radical (unpaired) electrons. The van der Waals surface area contributed by atoms with E-state index in [1.165, 1.54) is 0 Å². The molecule has 1 aromatic heterocycles. The lowest BCUT2D eigenvalue weighted by Gasteiger charge is -2.00. The molecule has 0 aliphatic rings. The van der Waals surface area contributed by atoms with Gasteiger partial charge < -0.3 is 5.73 Å². The number of nitrogens with two attached hydrogens (primary N) is 1. The summed E-state index contributed by atoms with van der Waals surface area (Å²) in [5.74, 6) is 0. The molecule has 0 aliphatic heterocycles. The molecule has 3 nitrogen and oxygen atoms in total. The van der Waals surface area contributed by atoms with Gasteiger partial charge in [0.25, 0.3) is 0 Å². The van der Waals surface area contributed by atoms with Gasteiger partial charge in [0.2, 0.25) is 0 Å². The maximum Gasteiger partial charge on any atom is 0.0860 e. The molecule has 3 heteroatoms. The van der Waals surface area contributed by atoms with Crippen LogP contribution in [0, 0.1) is 0 Å². The lowest BCUT2D eigenvalue weighted by Crippen LogP contribution is -1.94. The molecule has 0 spiro atoms. The van der Waals surface area contributed by atoms with Crippen molar-refractivity contribution >= 4 is 5.69 Å². The first kappa shape index (κ1) is 2.62. The van der Waals surface area contributed by atoms with E-state index in [2.05, 4.69) is 5.10 Å².